The largest absolute Gasteiger partial charge is 0.508 e. The van der Waals surface area contributed by atoms with Crippen LogP contribution in [0.2, 0.25) is 0 Å². The molecule has 0 saturated carbocycles. The van der Waals surface area contributed by atoms with Crippen molar-refractivity contribution in [1.29, 1.82) is 0 Å². The molecule has 6 nitrogen and oxygen atoms in total. The molecule has 0 fully saturated rings. The van der Waals surface area contributed by atoms with E-state index in [4.69, 9.17) is 11.6 Å². The first-order chi connectivity index (χ1) is 12.5. The van der Waals surface area contributed by atoms with Crippen molar-refractivity contribution in [3.8, 4) is 5.75 Å². The number of nitro benzene ring substituents is 1. The van der Waals surface area contributed by atoms with Crippen molar-refractivity contribution < 1.29 is 14.8 Å². The van der Waals surface area contributed by atoms with E-state index < -0.39 is 16.9 Å². The monoisotopic (exact) mass is 370 g/mol. The van der Waals surface area contributed by atoms with E-state index in [9.17, 15) is 20.0 Å². The standard InChI is InChI=1S/C19H15ClN2O4/c20-11-17(24)21-19(13-5-8-14(9-6-13)22(25)26)18-15-4-2-1-3-12(15)7-10-16(18)23/h1-10,19,23H,11H2,(H,21,24). The zero-order valence-electron chi connectivity index (χ0n) is 13.6. The number of non-ortho nitro benzene ring substituents is 1. The molecule has 0 aromatic heterocycles. The molecule has 3 aromatic carbocycles. The van der Waals surface area contributed by atoms with Gasteiger partial charge in [0.15, 0.2) is 0 Å². The van der Waals surface area contributed by atoms with Crippen LogP contribution in [-0.2, 0) is 4.79 Å². The second kappa shape index (κ2) is 7.41. The Kier molecular flexibility index (Phi) is 5.04. The second-order valence-corrected chi connectivity index (χ2v) is 5.97. The Morgan fingerprint density at radius 2 is 1.81 bits per heavy atom. The molecule has 0 aliphatic heterocycles. The van der Waals surface area contributed by atoms with E-state index in [2.05, 4.69) is 5.32 Å². The summed E-state index contributed by atoms with van der Waals surface area (Å²) in [5.74, 6) is -0.640. The lowest BCUT2D eigenvalue weighted by Gasteiger charge is -2.22. The van der Waals surface area contributed by atoms with Crippen molar-refractivity contribution >= 4 is 34.0 Å². The first-order valence-corrected chi connectivity index (χ1v) is 8.35. The number of benzene rings is 3. The Labute approximate surface area is 154 Å². The van der Waals surface area contributed by atoms with Gasteiger partial charge in [0.25, 0.3) is 5.69 Å². The van der Waals surface area contributed by atoms with Gasteiger partial charge in [0.05, 0.1) is 11.0 Å². The lowest BCUT2D eigenvalue weighted by atomic mass is 9.92. The quantitative estimate of drug-likeness (QED) is 0.404. The van der Waals surface area contributed by atoms with Gasteiger partial charge in [-0.05, 0) is 34.5 Å². The SMILES string of the molecule is O=C(CCl)NC(c1ccc([N+](=O)[O-])cc1)c1c(O)ccc2ccccc12. The van der Waals surface area contributed by atoms with Gasteiger partial charge in [0.2, 0.25) is 5.91 Å². The molecule has 0 radical (unpaired) electrons. The molecular formula is C19H15ClN2O4. The molecule has 26 heavy (non-hydrogen) atoms. The minimum Gasteiger partial charge on any atom is -0.508 e. The van der Waals surface area contributed by atoms with Gasteiger partial charge in [-0.3, -0.25) is 14.9 Å². The fourth-order valence-electron chi connectivity index (χ4n) is 2.90. The van der Waals surface area contributed by atoms with Crippen LogP contribution < -0.4 is 5.32 Å². The number of carbonyl (C=O) groups is 1. The summed E-state index contributed by atoms with van der Waals surface area (Å²) in [6.45, 7) is 0. The Morgan fingerprint density at radius 3 is 2.46 bits per heavy atom. The van der Waals surface area contributed by atoms with Gasteiger partial charge in [0.1, 0.15) is 11.6 Å². The predicted molar refractivity (Wildman–Crippen MR) is 99.4 cm³/mol. The van der Waals surface area contributed by atoms with Crippen molar-refractivity contribution in [2.75, 3.05) is 5.88 Å². The van der Waals surface area contributed by atoms with Gasteiger partial charge in [-0.1, -0.05) is 30.3 Å². The summed E-state index contributed by atoms with van der Waals surface area (Å²) in [5.41, 5.74) is 1.05. The zero-order valence-corrected chi connectivity index (χ0v) is 14.3. The van der Waals surface area contributed by atoms with E-state index >= 15 is 0 Å². The van der Waals surface area contributed by atoms with Crippen LogP contribution >= 0.6 is 11.6 Å². The number of phenolic OH excluding ortho intramolecular Hbond substituents is 1. The van der Waals surface area contributed by atoms with E-state index in [0.29, 0.717) is 11.1 Å². The van der Waals surface area contributed by atoms with Crippen LogP contribution in [0.25, 0.3) is 10.8 Å². The van der Waals surface area contributed by atoms with Crippen LogP contribution in [-0.4, -0.2) is 21.8 Å². The number of fused-ring (bicyclic) bond motifs is 1. The first kappa shape index (κ1) is 17.7. The Morgan fingerprint density at radius 1 is 1.12 bits per heavy atom. The summed E-state index contributed by atoms with van der Waals surface area (Å²) in [4.78, 5) is 22.3. The molecule has 0 heterocycles. The van der Waals surface area contributed by atoms with Gasteiger partial charge in [-0.25, -0.2) is 0 Å². The summed E-state index contributed by atoms with van der Waals surface area (Å²) in [7, 11) is 0. The molecule has 132 valence electrons. The van der Waals surface area contributed by atoms with E-state index in [1.807, 2.05) is 24.3 Å². The lowest BCUT2D eigenvalue weighted by Crippen LogP contribution is -2.30. The van der Waals surface area contributed by atoms with Crippen molar-refractivity contribution in [3.63, 3.8) is 0 Å². The number of aromatic hydroxyl groups is 1. The Bertz CT molecular complexity index is 973. The topological polar surface area (TPSA) is 92.5 Å². The summed E-state index contributed by atoms with van der Waals surface area (Å²) in [5, 5.41) is 25.8. The number of hydrogen-bond acceptors (Lipinski definition) is 4. The fourth-order valence-corrected chi connectivity index (χ4v) is 2.97. The summed E-state index contributed by atoms with van der Waals surface area (Å²) >= 11 is 5.63. The molecule has 1 unspecified atom stereocenters. The third kappa shape index (κ3) is 3.45. The minimum absolute atomic E-state index is 0.0157. The molecular weight excluding hydrogens is 356 g/mol. The Hall–Kier alpha value is -3.12. The van der Waals surface area contributed by atoms with Gasteiger partial charge in [-0.2, -0.15) is 0 Å². The molecule has 0 bridgehead atoms. The summed E-state index contributed by atoms with van der Waals surface area (Å²) < 4.78 is 0. The molecule has 0 saturated heterocycles. The highest BCUT2D eigenvalue weighted by molar-refractivity contribution is 6.27. The highest BCUT2D eigenvalue weighted by Crippen LogP contribution is 2.36. The summed E-state index contributed by atoms with van der Waals surface area (Å²) in [6.07, 6.45) is 0. The maximum atomic E-state index is 12.0. The molecule has 0 aliphatic carbocycles. The predicted octanol–water partition coefficient (Wildman–Crippen LogP) is 3.90. The average molecular weight is 371 g/mol. The van der Waals surface area contributed by atoms with E-state index in [-0.39, 0.29) is 17.3 Å². The smallest absolute Gasteiger partial charge is 0.269 e. The maximum absolute atomic E-state index is 12.0. The second-order valence-electron chi connectivity index (χ2n) is 5.70. The highest BCUT2D eigenvalue weighted by atomic mass is 35.5. The number of halogens is 1. The molecule has 2 N–H and O–H groups in total. The van der Waals surface area contributed by atoms with Crippen molar-refractivity contribution in [2.24, 2.45) is 0 Å². The summed E-state index contributed by atoms with van der Waals surface area (Å²) in [6, 6.07) is 15.9. The van der Waals surface area contributed by atoms with Gasteiger partial charge < -0.3 is 10.4 Å². The van der Waals surface area contributed by atoms with Crippen LogP contribution in [0.3, 0.4) is 0 Å². The van der Waals surface area contributed by atoms with Gasteiger partial charge in [0, 0.05) is 17.7 Å². The number of nitrogens with zero attached hydrogens (tertiary/aromatic N) is 1. The minimum atomic E-state index is -0.701. The normalized spacial score (nSPS) is 11.9. The molecule has 1 amide bonds. The van der Waals surface area contributed by atoms with Gasteiger partial charge in [-0.15, -0.1) is 11.6 Å². The van der Waals surface area contributed by atoms with Crippen molar-refractivity contribution in [2.45, 2.75) is 6.04 Å². The highest BCUT2D eigenvalue weighted by Gasteiger charge is 2.23. The molecule has 0 aliphatic rings. The number of hydrogen-bond donors (Lipinski definition) is 2. The fraction of sp³-hybridized carbons (Fsp3) is 0.105. The van der Waals surface area contributed by atoms with E-state index in [1.165, 1.54) is 12.1 Å². The number of nitrogens with one attached hydrogen (secondary N) is 1. The third-order valence-corrected chi connectivity index (χ3v) is 4.34. The van der Waals surface area contributed by atoms with Crippen LogP contribution in [0.4, 0.5) is 5.69 Å². The number of carbonyl (C=O) groups excluding carboxylic acids is 1. The number of phenols is 1. The Balaban J connectivity index is 2.17. The molecule has 1 atom stereocenters. The zero-order chi connectivity index (χ0) is 18.7. The first-order valence-electron chi connectivity index (χ1n) is 7.81. The van der Waals surface area contributed by atoms with Crippen LogP contribution in [0.1, 0.15) is 17.2 Å². The number of nitro groups is 1. The van der Waals surface area contributed by atoms with Crippen LogP contribution in [0.5, 0.6) is 5.75 Å². The lowest BCUT2D eigenvalue weighted by molar-refractivity contribution is -0.384. The van der Waals surface area contributed by atoms with Crippen molar-refractivity contribution in [1.82, 2.24) is 5.32 Å². The number of rotatable bonds is 5. The molecule has 7 heteroatoms. The van der Waals surface area contributed by atoms with Crippen LogP contribution in [0.15, 0.2) is 60.7 Å². The van der Waals surface area contributed by atoms with Crippen LogP contribution in [0, 0.1) is 10.1 Å². The third-order valence-electron chi connectivity index (χ3n) is 4.10. The van der Waals surface area contributed by atoms with E-state index in [1.54, 1.807) is 24.3 Å². The average Bonchev–Trinajstić information content (AvgIpc) is 2.66. The molecule has 3 rings (SSSR count). The number of amides is 1. The van der Waals surface area contributed by atoms with Gasteiger partial charge >= 0.3 is 0 Å². The maximum Gasteiger partial charge on any atom is 0.269 e. The molecule has 3 aromatic rings. The van der Waals surface area contributed by atoms with Crippen molar-refractivity contribution in [3.05, 3.63) is 81.9 Å². The number of alkyl halides is 1. The van der Waals surface area contributed by atoms with E-state index in [0.717, 1.165) is 10.8 Å². The molecule has 0 spiro atoms.